The summed E-state index contributed by atoms with van der Waals surface area (Å²) in [5, 5.41) is 0. The summed E-state index contributed by atoms with van der Waals surface area (Å²) in [6.45, 7) is 10.6. The van der Waals surface area contributed by atoms with Gasteiger partial charge in [0.25, 0.3) is 0 Å². The molecular formula is C20H25F3O4. The van der Waals surface area contributed by atoms with E-state index < -0.39 is 42.0 Å². The Morgan fingerprint density at radius 2 is 1.93 bits per heavy atom. The number of allylic oxidation sites excluding steroid dienone is 2. The summed E-state index contributed by atoms with van der Waals surface area (Å²) >= 11 is 0. The lowest BCUT2D eigenvalue weighted by Crippen LogP contribution is -2.20. The fourth-order valence-corrected chi connectivity index (χ4v) is 3.72. The molecule has 0 radical (unpaired) electrons. The van der Waals surface area contributed by atoms with Gasteiger partial charge in [-0.05, 0) is 41.9 Å². The van der Waals surface area contributed by atoms with E-state index in [4.69, 9.17) is 4.74 Å². The molecule has 150 valence electrons. The average Bonchev–Trinajstić information content (AvgIpc) is 2.99. The SMILES string of the molecule is C=C1CC(OC(=O)[C@@H]2[C@@H](C=C(C)C(=O)OC)C2(C)C)C(C)=C1CC(F)(F)F. The van der Waals surface area contributed by atoms with Crippen molar-refractivity contribution in [3.05, 3.63) is 34.9 Å². The van der Waals surface area contributed by atoms with Gasteiger partial charge in [0, 0.05) is 12.0 Å². The topological polar surface area (TPSA) is 52.6 Å². The number of methoxy groups -OCH3 is 1. The Labute approximate surface area is 157 Å². The van der Waals surface area contributed by atoms with E-state index in [1.807, 2.05) is 13.8 Å². The lowest BCUT2D eigenvalue weighted by Gasteiger charge is -2.14. The van der Waals surface area contributed by atoms with Gasteiger partial charge < -0.3 is 9.47 Å². The van der Waals surface area contributed by atoms with Crippen LogP contribution in [0.25, 0.3) is 0 Å². The van der Waals surface area contributed by atoms with Crippen LogP contribution in [-0.2, 0) is 19.1 Å². The normalized spacial score (nSPS) is 27.6. The number of halogens is 3. The van der Waals surface area contributed by atoms with Crippen LogP contribution in [0.3, 0.4) is 0 Å². The van der Waals surface area contributed by atoms with Gasteiger partial charge in [0.05, 0.1) is 19.4 Å². The van der Waals surface area contributed by atoms with E-state index in [2.05, 4.69) is 11.3 Å². The predicted octanol–water partition coefficient (Wildman–Crippen LogP) is 4.52. The molecule has 0 aromatic carbocycles. The second-order valence-corrected chi connectivity index (χ2v) is 7.85. The van der Waals surface area contributed by atoms with E-state index in [0.717, 1.165) is 0 Å². The summed E-state index contributed by atoms with van der Waals surface area (Å²) in [6.07, 6.45) is -4.24. The molecular weight excluding hydrogens is 361 g/mol. The minimum absolute atomic E-state index is 0.119. The lowest BCUT2D eigenvalue weighted by atomic mass is 10.1. The van der Waals surface area contributed by atoms with E-state index in [0.29, 0.717) is 16.7 Å². The van der Waals surface area contributed by atoms with Gasteiger partial charge in [-0.2, -0.15) is 13.2 Å². The zero-order valence-corrected chi connectivity index (χ0v) is 16.2. The van der Waals surface area contributed by atoms with E-state index in [1.54, 1.807) is 19.9 Å². The van der Waals surface area contributed by atoms with E-state index in [-0.39, 0.29) is 17.9 Å². The van der Waals surface area contributed by atoms with E-state index in [1.165, 1.54) is 7.11 Å². The molecule has 0 aromatic heterocycles. The van der Waals surface area contributed by atoms with Crippen LogP contribution in [0.1, 0.15) is 40.5 Å². The maximum atomic E-state index is 12.7. The summed E-state index contributed by atoms with van der Waals surface area (Å²) in [5.41, 5.74) is 0.892. The monoisotopic (exact) mass is 386 g/mol. The van der Waals surface area contributed by atoms with Crippen molar-refractivity contribution in [3.63, 3.8) is 0 Å². The van der Waals surface area contributed by atoms with Gasteiger partial charge in [-0.1, -0.05) is 26.5 Å². The highest BCUT2D eigenvalue weighted by Crippen LogP contribution is 2.60. The Bertz CT molecular complexity index is 728. The number of hydrogen-bond acceptors (Lipinski definition) is 4. The highest BCUT2D eigenvalue weighted by atomic mass is 19.4. The molecule has 0 amide bonds. The molecule has 0 aliphatic heterocycles. The van der Waals surface area contributed by atoms with Crippen molar-refractivity contribution in [3.8, 4) is 0 Å². The number of carbonyl (C=O) groups is 2. The zero-order valence-electron chi connectivity index (χ0n) is 16.2. The Kier molecular flexibility index (Phi) is 5.64. The van der Waals surface area contributed by atoms with Crippen LogP contribution in [0.4, 0.5) is 13.2 Å². The van der Waals surface area contributed by atoms with Crippen molar-refractivity contribution in [2.45, 2.75) is 52.8 Å². The van der Waals surface area contributed by atoms with Crippen molar-refractivity contribution in [2.24, 2.45) is 17.3 Å². The summed E-state index contributed by atoms with van der Waals surface area (Å²) in [5.74, 6) is -1.57. The third kappa shape index (κ3) is 4.45. The molecule has 4 nitrogen and oxygen atoms in total. The number of ether oxygens (including phenoxy) is 2. The summed E-state index contributed by atoms with van der Waals surface area (Å²) < 4.78 is 48.4. The zero-order chi connectivity index (χ0) is 20.7. The van der Waals surface area contributed by atoms with Gasteiger partial charge in [-0.15, -0.1) is 0 Å². The highest BCUT2D eigenvalue weighted by Gasteiger charge is 2.62. The summed E-state index contributed by atoms with van der Waals surface area (Å²) in [6, 6.07) is 0. The molecule has 2 aliphatic rings. The predicted molar refractivity (Wildman–Crippen MR) is 93.5 cm³/mol. The molecule has 0 saturated heterocycles. The van der Waals surface area contributed by atoms with Crippen molar-refractivity contribution in [1.82, 2.24) is 0 Å². The molecule has 3 atom stereocenters. The number of rotatable bonds is 5. The first kappa shape index (κ1) is 21.3. The van der Waals surface area contributed by atoms with Crippen LogP contribution >= 0.6 is 0 Å². The Morgan fingerprint density at radius 1 is 1.33 bits per heavy atom. The average molecular weight is 386 g/mol. The summed E-state index contributed by atoms with van der Waals surface area (Å²) in [4.78, 5) is 24.2. The minimum atomic E-state index is -4.34. The number of alkyl halides is 3. The molecule has 1 fully saturated rings. The maximum absolute atomic E-state index is 12.7. The molecule has 7 heteroatoms. The second-order valence-electron chi connectivity index (χ2n) is 7.85. The van der Waals surface area contributed by atoms with Gasteiger partial charge in [0.1, 0.15) is 6.10 Å². The molecule has 0 spiro atoms. The molecule has 0 N–H and O–H groups in total. The minimum Gasteiger partial charge on any atom is -0.466 e. The standard InChI is InChI=1S/C20H25F3O4/c1-10-8-15(12(3)13(10)9-20(21,22)23)27-18(25)16-14(19(16,4)5)7-11(2)17(24)26-6/h7,14-16H,1,8-9H2,2-6H3/t14-,15?,16+/m1/s1. The Balaban J connectivity index is 2.10. The quantitative estimate of drug-likeness (QED) is 0.515. The third-order valence-corrected chi connectivity index (χ3v) is 5.55. The number of hydrogen-bond donors (Lipinski definition) is 0. The molecule has 1 unspecified atom stereocenters. The van der Waals surface area contributed by atoms with Crippen LogP contribution in [0.2, 0.25) is 0 Å². The maximum Gasteiger partial charge on any atom is 0.393 e. The molecule has 2 aliphatic carbocycles. The van der Waals surface area contributed by atoms with Gasteiger partial charge in [-0.3, -0.25) is 4.79 Å². The molecule has 1 saturated carbocycles. The smallest absolute Gasteiger partial charge is 0.393 e. The Morgan fingerprint density at radius 3 is 2.44 bits per heavy atom. The van der Waals surface area contributed by atoms with Gasteiger partial charge in [0.15, 0.2) is 0 Å². The van der Waals surface area contributed by atoms with Crippen LogP contribution in [0.15, 0.2) is 34.9 Å². The van der Waals surface area contributed by atoms with Gasteiger partial charge >= 0.3 is 18.1 Å². The van der Waals surface area contributed by atoms with Crippen molar-refractivity contribution in [2.75, 3.05) is 7.11 Å². The number of carbonyl (C=O) groups excluding carboxylic acids is 2. The van der Waals surface area contributed by atoms with Crippen molar-refractivity contribution < 1.29 is 32.2 Å². The first-order valence-corrected chi connectivity index (χ1v) is 8.71. The summed E-state index contributed by atoms with van der Waals surface area (Å²) in [7, 11) is 1.28. The number of esters is 2. The highest BCUT2D eigenvalue weighted by molar-refractivity contribution is 5.88. The second kappa shape index (κ2) is 7.17. The molecule has 2 rings (SSSR count). The van der Waals surface area contributed by atoms with Crippen LogP contribution < -0.4 is 0 Å². The van der Waals surface area contributed by atoms with Crippen molar-refractivity contribution >= 4 is 11.9 Å². The molecule has 27 heavy (non-hydrogen) atoms. The lowest BCUT2D eigenvalue weighted by molar-refractivity contribution is -0.149. The van der Waals surface area contributed by atoms with Gasteiger partial charge in [-0.25, -0.2) is 4.79 Å². The first-order valence-electron chi connectivity index (χ1n) is 8.71. The van der Waals surface area contributed by atoms with E-state index >= 15 is 0 Å². The molecule has 0 aromatic rings. The van der Waals surface area contributed by atoms with E-state index in [9.17, 15) is 22.8 Å². The largest absolute Gasteiger partial charge is 0.466 e. The van der Waals surface area contributed by atoms with Gasteiger partial charge in [0.2, 0.25) is 0 Å². The fourth-order valence-electron chi connectivity index (χ4n) is 3.72. The van der Waals surface area contributed by atoms with Crippen LogP contribution in [-0.4, -0.2) is 31.3 Å². The Hall–Kier alpha value is -2.05. The van der Waals surface area contributed by atoms with Crippen LogP contribution in [0, 0.1) is 17.3 Å². The first-order chi connectivity index (χ1) is 12.3. The van der Waals surface area contributed by atoms with Crippen LogP contribution in [0.5, 0.6) is 0 Å². The van der Waals surface area contributed by atoms with Crippen molar-refractivity contribution in [1.29, 1.82) is 0 Å². The molecule has 0 heterocycles. The fraction of sp³-hybridized carbons (Fsp3) is 0.600. The molecule has 0 bridgehead atoms. The third-order valence-electron chi connectivity index (χ3n) is 5.55.